The molecule has 0 amide bonds. The van der Waals surface area contributed by atoms with Gasteiger partial charge in [0.15, 0.2) is 9.84 Å². The highest BCUT2D eigenvalue weighted by Gasteiger charge is 2.18. The van der Waals surface area contributed by atoms with E-state index in [9.17, 15) is 13.5 Å². The number of aliphatic hydroxyl groups is 1. The second kappa shape index (κ2) is 4.66. The predicted molar refractivity (Wildman–Crippen MR) is 67.0 cm³/mol. The molecule has 5 heteroatoms. The molecule has 1 aromatic carbocycles. The van der Waals surface area contributed by atoms with Gasteiger partial charge < -0.3 is 10.0 Å². The maximum absolute atomic E-state index is 11.5. The number of hydrogen-bond donors (Lipinski definition) is 1. The summed E-state index contributed by atoms with van der Waals surface area (Å²) in [5.41, 5.74) is 0.917. The largest absolute Gasteiger partial charge is 0.393 e. The average molecular weight is 255 g/mol. The van der Waals surface area contributed by atoms with Gasteiger partial charge in [-0.3, -0.25) is 0 Å². The van der Waals surface area contributed by atoms with E-state index in [4.69, 9.17) is 0 Å². The molecule has 0 atom stereocenters. The van der Waals surface area contributed by atoms with E-state index in [-0.39, 0.29) is 6.10 Å². The van der Waals surface area contributed by atoms with Gasteiger partial charge in [0.25, 0.3) is 0 Å². The molecule has 1 saturated heterocycles. The molecule has 0 aromatic heterocycles. The maximum atomic E-state index is 11.5. The second-order valence-corrected chi connectivity index (χ2v) is 6.50. The molecule has 94 valence electrons. The van der Waals surface area contributed by atoms with Crippen LogP contribution in [0.3, 0.4) is 0 Å². The first-order chi connectivity index (χ1) is 7.97. The van der Waals surface area contributed by atoms with Crippen LogP contribution in [0.15, 0.2) is 29.2 Å². The van der Waals surface area contributed by atoms with Crippen molar-refractivity contribution in [3.63, 3.8) is 0 Å². The Morgan fingerprint density at radius 1 is 1.29 bits per heavy atom. The van der Waals surface area contributed by atoms with Crippen molar-refractivity contribution in [2.24, 2.45) is 0 Å². The molecule has 0 saturated carbocycles. The summed E-state index contributed by atoms with van der Waals surface area (Å²) in [6, 6.07) is 6.98. The van der Waals surface area contributed by atoms with Gasteiger partial charge in [0.2, 0.25) is 0 Å². The van der Waals surface area contributed by atoms with Crippen molar-refractivity contribution >= 4 is 15.5 Å². The molecule has 0 unspecified atom stereocenters. The highest BCUT2D eigenvalue weighted by atomic mass is 32.2. The van der Waals surface area contributed by atoms with E-state index in [1.54, 1.807) is 18.2 Å². The number of nitrogens with zero attached hydrogens (tertiary/aromatic N) is 1. The zero-order valence-corrected chi connectivity index (χ0v) is 10.7. The van der Waals surface area contributed by atoms with Crippen LogP contribution in [0.2, 0.25) is 0 Å². The maximum Gasteiger partial charge on any atom is 0.175 e. The van der Waals surface area contributed by atoms with Crippen molar-refractivity contribution in [2.75, 3.05) is 24.2 Å². The lowest BCUT2D eigenvalue weighted by atomic mass is 10.1. The van der Waals surface area contributed by atoms with Crippen molar-refractivity contribution in [3.05, 3.63) is 24.3 Å². The Morgan fingerprint density at radius 2 is 1.94 bits per heavy atom. The van der Waals surface area contributed by atoms with Crippen molar-refractivity contribution in [1.82, 2.24) is 0 Å². The fraction of sp³-hybridized carbons (Fsp3) is 0.500. The standard InChI is InChI=1S/C12H17NO3S/c1-17(15,16)12-4-2-3-10(9-12)13-7-5-11(14)6-8-13/h2-4,9,11,14H,5-8H2,1H3. The van der Waals surface area contributed by atoms with Gasteiger partial charge in [-0.05, 0) is 31.0 Å². The lowest BCUT2D eigenvalue weighted by molar-refractivity contribution is 0.145. The summed E-state index contributed by atoms with van der Waals surface area (Å²) >= 11 is 0. The van der Waals surface area contributed by atoms with Crippen LogP contribution in [-0.2, 0) is 9.84 Å². The Bertz CT molecular complexity index is 490. The van der Waals surface area contributed by atoms with E-state index in [0.29, 0.717) is 4.90 Å². The third-order valence-corrected chi connectivity index (χ3v) is 4.19. The second-order valence-electron chi connectivity index (χ2n) is 4.49. The molecular formula is C12H17NO3S. The molecule has 1 aliphatic rings. The molecule has 1 N–H and O–H groups in total. The van der Waals surface area contributed by atoms with Gasteiger partial charge in [-0.1, -0.05) is 6.07 Å². The molecule has 2 rings (SSSR count). The first-order valence-electron chi connectivity index (χ1n) is 5.70. The molecule has 1 aliphatic heterocycles. The van der Waals surface area contributed by atoms with Crippen LogP contribution in [0.4, 0.5) is 5.69 Å². The van der Waals surface area contributed by atoms with Gasteiger partial charge in [0.1, 0.15) is 0 Å². The highest BCUT2D eigenvalue weighted by Crippen LogP contribution is 2.22. The topological polar surface area (TPSA) is 57.6 Å². The molecule has 0 bridgehead atoms. The molecule has 1 aromatic rings. The minimum atomic E-state index is -3.15. The van der Waals surface area contributed by atoms with E-state index >= 15 is 0 Å². The van der Waals surface area contributed by atoms with Crippen LogP contribution in [0, 0.1) is 0 Å². The van der Waals surface area contributed by atoms with Crippen molar-refractivity contribution < 1.29 is 13.5 Å². The normalized spacial score (nSPS) is 18.4. The van der Waals surface area contributed by atoms with E-state index in [2.05, 4.69) is 4.90 Å². The van der Waals surface area contributed by atoms with Crippen LogP contribution >= 0.6 is 0 Å². The van der Waals surface area contributed by atoms with Crippen LogP contribution in [0.1, 0.15) is 12.8 Å². The minimum Gasteiger partial charge on any atom is -0.393 e. The monoisotopic (exact) mass is 255 g/mol. The smallest absolute Gasteiger partial charge is 0.175 e. The van der Waals surface area contributed by atoms with Gasteiger partial charge in [-0.15, -0.1) is 0 Å². The van der Waals surface area contributed by atoms with Gasteiger partial charge in [0, 0.05) is 25.0 Å². The molecule has 17 heavy (non-hydrogen) atoms. The quantitative estimate of drug-likeness (QED) is 0.858. The number of benzene rings is 1. The Balaban J connectivity index is 2.22. The average Bonchev–Trinajstić information content (AvgIpc) is 2.29. The summed E-state index contributed by atoms with van der Waals surface area (Å²) in [4.78, 5) is 2.46. The van der Waals surface area contributed by atoms with Crippen molar-refractivity contribution in [1.29, 1.82) is 0 Å². The van der Waals surface area contributed by atoms with Crippen LogP contribution in [-0.4, -0.2) is 39.0 Å². The fourth-order valence-corrected chi connectivity index (χ4v) is 2.70. The van der Waals surface area contributed by atoms with Crippen molar-refractivity contribution in [2.45, 2.75) is 23.8 Å². The molecule has 0 radical (unpaired) electrons. The number of piperidine rings is 1. The van der Waals surface area contributed by atoms with Crippen LogP contribution < -0.4 is 4.90 Å². The third kappa shape index (κ3) is 2.98. The summed E-state index contributed by atoms with van der Waals surface area (Å²) in [5, 5.41) is 9.44. The van der Waals surface area contributed by atoms with E-state index in [1.165, 1.54) is 6.26 Å². The van der Waals surface area contributed by atoms with E-state index < -0.39 is 9.84 Å². The summed E-state index contributed by atoms with van der Waals surface area (Å²) in [6.45, 7) is 1.54. The fourth-order valence-electron chi connectivity index (χ4n) is 2.03. The Kier molecular flexibility index (Phi) is 3.40. The van der Waals surface area contributed by atoms with Crippen LogP contribution in [0.5, 0.6) is 0 Å². The summed E-state index contributed by atoms with van der Waals surface area (Å²) in [5.74, 6) is 0. The number of aliphatic hydroxyl groups excluding tert-OH is 1. The van der Waals surface area contributed by atoms with Crippen molar-refractivity contribution in [3.8, 4) is 0 Å². The van der Waals surface area contributed by atoms with Gasteiger partial charge >= 0.3 is 0 Å². The lowest BCUT2D eigenvalue weighted by Gasteiger charge is -2.31. The lowest BCUT2D eigenvalue weighted by Crippen LogP contribution is -2.35. The van der Waals surface area contributed by atoms with Gasteiger partial charge in [-0.25, -0.2) is 8.42 Å². The molecular weight excluding hydrogens is 238 g/mol. The molecule has 1 fully saturated rings. The number of rotatable bonds is 2. The zero-order chi connectivity index (χ0) is 12.5. The first kappa shape index (κ1) is 12.4. The summed E-state index contributed by atoms with van der Waals surface area (Å²) in [6.07, 6.45) is 2.47. The first-order valence-corrected chi connectivity index (χ1v) is 7.59. The molecule has 0 spiro atoms. The molecule has 0 aliphatic carbocycles. The number of sulfone groups is 1. The Morgan fingerprint density at radius 3 is 2.53 bits per heavy atom. The SMILES string of the molecule is CS(=O)(=O)c1cccc(N2CCC(O)CC2)c1. The number of anilines is 1. The van der Waals surface area contributed by atoms with Gasteiger partial charge in [-0.2, -0.15) is 0 Å². The Labute approximate surface area is 102 Å². The van der Waals surface area contributed by atoms with Gasteiger partial charge in [0.05, 0.1) is 11.0 Å². The minimum absolute atomic E-state index is 0.218. The van der Waals surface area contributed by atoms with E-state index in [0.717, 1.165) is 31.6 Å². The molecule has 4 nitrogen and oxygen atoms in total. The van der Waals surface area contributed by atoms with E-state index in [1.807, 2.05) is 6.07 Å². The summed E-state index contributed by atoms with van der Waals surface area (Å²) in [7, 11) is -3.15. The number of hydrogen-bond acceptors (Lipinski definition) is 4. The Hall–Kier alpha value is -1.07. The predicted octanol–water partition coefficient (Wildman–Crippen LogP) is 1.05. The third-order valence-electron chi connectivity index (χ3n) is 3.08. The molecule has 1 heterocycles. The highest BCUT2D eigenvalue weighted by molar-refractivity contribution is 7.90. The zero-order valence-electron chi connectivity index (χ0n) is 9.83. The van der Waals surface area contributed by atoms with Crippen LogP contribution in [0.25, 0.3) is 0 Å². The summed E-state index contributed by atoms with van der Waals surface area (Å²) < 4.78 is 22.9.